The zero-order valence-electron chi connectivity index (χ0n) is 12.7. The third kappa shape index (κ3) is 3.32. The van der Waals surface area contributed by atoms with E-state index in [0.29, 0.717) is 11.4 Å². The fraction of sp³-hybridized carbons (Fsp3) is 0.118. The Morgan fingerprint density at radius 3 is 2.70 bits per heavy atom. The van der Waals surface area contributed by atoms with Crippen LogP contribution in [0, 0.1) is 13.8 Å². The Morgan fingerprint density at radius 1 is 1.22 bits per heavy atom. The summed E-state index contributed by atoms with van der Waals surface area (Å²) in [4.78, 5) is 16.8. The minimum absolute atomic E-state index is 0.295. The van der Waals surface area contributed by atoms with E-state index >= 15 is 0 Å². The third-order valence-corrected chi connectivity index (χ3v) is 3.90. The van der Waals surface area contributed by atoms with Gasteiger partial charge in [-0.3, -0.25) is 9.20 Å². The molecule has 0 aliphatic rings. The second-order valence-corrected chi connectivity index (χ2v) is 6.15. The summed E-state index contributed by atoms with van der Waals surface area (Å²) in [5.41, 5.74) is 6.51. The van der Waals surface area contributed by atoms with Crippen molar-refractivity contribution in [1.82, 2.24) is 14.8 Å². The number of aromatic nitrogens is 2. The van der Waals surface area contributed by atoms with Crippen molar-refractivity contribution in [3.8, 4) is 0 Å². The minimum Gasteiger partial charge on any atom is -0.294 e. The van der Waals surface area contributed by atoms with Crippen molar-refractivity contribution < 1.29 is 4.79 Å². The number of imidazole rings is 1. The molecule has 0 radical (unpaired) electrons. The van der Waals surface area contributed by atoms with Crippen LogP contribution in [-0.4, -0.2) is 21.5 Å². The predicted octanol–water partition coefficient (Wildman–Crippen LogP) is 3.48. The summed E-state index contributed by atoms with van der Waals surface area (Å²) in [6.07, 6.45) is 3.43. The molecule has 23 heavy (non-hydrogen) atoms. The number of rotatable bonds is 3. The van der Waals surface area contributed by atoms with Gasteiger partial charge in [0.1, 0.15) is 11.3 Å². The van der Waals surface area contributed by atoms with Gasteiger partial charge in [-0.15, -0.1) is 0 Å². The molecule has 0 spiro atoms. The molecule has 0 fully saturated rings. The topological polar surface area (TPSA) is 58.8 Å². The average molecular weight is 371 g/mol. The summed E-state index contributed by atoms with van der Waals surface area (Å²) in [7, 11) is 0. The molecule has 5 nitrogen and oxygen atoms in total. The van der Waals surface area contributed by atoms with Crippen LogP contribution in [0.4, 0.5) is 0 Å². The number of nitrogens with one attached hydrogen (secondary N) is 1. The SMILES string of the molecule is Cc1ccc(/C=N/NC(=O)c2c(C)nc3ccc(Br)cn23)cc1. The molecule has 0 atom stereocenters. The lowest BCUT2D eigenvalue weighted by molar-refractivity contribution is 0.0948. The van der Waals surface area contributed by atoms with Crippen LogP contribution < -0.4 is 5.43 Å². The van der Waals surface area contributed by atoms with Crippen LogP contribution >= 0.6 is 15.9 Å². The Morgan fingerprint density at radius 2 is 1.96 bits per heavy atom. The summed E-state index contributed by atoms with van der Waals surface area (Å²) in [6.45, 7) is 3.83. The molecule has 0 aliphatic carbocycles. The van der Waals surface area contributed by atoms with Gasteiger partial charge in [0.2, 0.25) is 0 Å². The zero-order valence-corrected chi connectivity index (χ0v) is 14.3. The van der Waals surface area contributed by atoms with Crippen LogP contribution in [0.25, 0.3) is 5.65 Å². The van der Waals surface area contributed by atoms with E-state index < -0.39 is 0 Å². The first kappa shape index (κ1) is 15.4. The van der Waals surface area contributed by atoms with Gasteiger partial charge in [-0.05, 0) is 47.5 Å². The molecule has 1 N–H and O–H groups in total. The van der Waals surface area contributed by atoms with E-state index in [1.165, 1.54) is 5.56 Å². The molecule has 3 rings (SSSR count). The van der Waals surface area contributed by atoms with E-state index in [1.807, 2.05) is 49.5 Å². The van der Waals surface area contributed by atoms with Gasteiger partial charge in [0.05, 0.1) is 11.9 Å². The van der Waals surface area contributed by atoms with Crippen LogP contribution in [0.2, 0.25) is 0 Å². The number of pyridine rings is 1. The van der Waals surface area contributed by atoms with Gasteiger partial charge in [0.15, 0.2) is 0 Å². The van der Waals surface area contributed by atoms with E-state index in [-0.39, 0.29) is 5.91 Å². The van der Waals surface area contributed by atoms with Gasteiger partial charge in [0, 0.05) is 10.7 Å². The van der Waals surface area contributed by atoms with Crippen LogP contribution in [-0.2, 0) is 0 Å². The third-order valence-electron chi connectivity index (χ3n) is 3.43. The van der Waals surface area contributed by atoms with Crippen molar-refractivity contribution in [2.45, 2.75) is 13.8 Å². The molecular formula is C17H15BrN4O. The number of carbonyl (C=O) groups is 1. The Hall–Kier alpha value is -2.47. The van der Waals surface area contributed by atoms with Crippen LogP contribution in [0.5, 0.6) is 0 Å². The van der Waals surface area contributed by atoms with Gasteiger partial charge in [0.25, 0.3) is 5.91 Å². The molecule has 0 aliphatic heterocycles. The number of hydrogen-bond donors (Lipinski definition) is 1. The summed E-state index contributed by atoms with van der Waals surface area (Å²) in [5.74, 6) is -0.295. The predicted molar refractivity (Wildman–Crippen MR) is 93.9 cm³/mol. The number of hydrogen-bond acceptors (Lipinski definition) is 3. The monoisotopic (exact) mass is 370 g/mol. The van der Waals surface area contributed by atoms with E-state index in [1.54, 1.807) is 17.5 Å². The highest BCUT2D eigenvalue weighted by atomic mass is 79.9. The quantitative estimate of drug-likeness (QED) is 0.566. The lowest BCUT2D eigenvalue weighted by Gasteiger charge is -2.02. The fourth-order valence-corrected chi connectivity index (χ4v) is 2.62. The van der Waals surface area contributed by atoms with Crippen molar-refractivity contribution in [2.24, 2.45) is 5.10 Å². The Bertz CT molecular complexity index is 897. The number of nitrogens with zero attached hydrogens (tertiary/aromatic N) is 3. The van der Waals surface area contributed by atoms with Gasteiger partial charge >= 0.3 is 0 Å². The Kier molecular flexibility index (Phi) is 4.25. The normalized spacial score (nSPS) is 11.3. The summed E-state index contributed by atoms with van der Waals surface area (Å²) < 4.78 is 2.62. The lowest BCUT2D eigenvalue weighted by Crippen LogP contribution is -2.20. The summed E-state index contributed by atoms with van der Waals surface area (Å²) >= 11 is 3.40. The van der Waals surface area contributed by atoms with Crippen molar-refractivity contribution >= 4 is 33.7 Å². The molecular weight excluding hydrogens is 356 g/mol. The zero-order chi connectivity index (χ0) is 16.4. The highest BCUT2D eigenvalue weighted by molar-refractivity contribution is 9.10. The number of aryl methyl sites for hydroxylation is 2. The molecule has 6 heteroatoms. The van der Waals surface area contributed by atoms with Crippen molar-refractivity contribution in [3.05, 3.63) is 69.6 Å². The maximum Gasteiger partial charge on any atom is 0.290 e. The molecule has 1 amide bonds. The molecule has 2 aromatic heterocycles. The van der Waals surface area contributed by atoms with E-state index in [0.717, 1.165) is 15.7 Å². The molecule has 2 heterocycles. The first-order valence-corrected chi connectivity index (χ1v) is 7.88. The molecule has 116 valence electrons. The number of halogens is 1. The molecule has 0 bridgehead atoms. The van der Waals surface area contributed by atoms with Crippen LogP contribution in [0.1, 0.15) is 27.3 Å². The Labute approximate surface area is 142 Å². The second-order valence-electron chi connectivity index (χ2n) is 5.23. The van der Waals surface area contributed by atoms with E-state index in [2.05, 4.69) is 31.4 Å². The van der Waals surface area contributed by atoms with Gasteiger partial charge in [-0.2, -0.15) is 5.10 Å². The largest absolute Gasteiger partial charge is 0.294 e. The maximum absolute atomic E-state index is 12.4. The molecule has 1 aromatic carbocycles. The second kappa shape index (κ2) is 6.34. The fourth-order valence-electron chi connectivity index (χ4n) is 2.28. The van der Waals surface area contributed by atoms with Crippen molar-refractivity contribution in [3.63, 3.8) is 0 Å². The van der Waals surface area contributed by atoms with Crippen LogP contribution in [0.3, 0.4) is 0 Å². The number of fused-ring (bicyclic) bond motifs is 1. The maximum atomic E-state index is 12.4. The Balaban J connectivity index is 1.82. The standard InChI is InChI=1S/C17H15BrN4O/c1-11-3-5-13(6-4-11)9-19-21-17(23)16-12(2)20-15-8-7-14(18)10-22(15)16/h3-10H,1-2H3,(H,21,23)/b19-9+. The molecule has 0 saturated carbocycles. The average Bonchev–Trinajstić information content (AvgIpc) is 2.84. The van der Waals surface area contributed by atoms with Gasteiger partial charge in [-0.1, -0.05) is 29.8 Å². The smallest absolute Gasteiger partial charge is 0.290 e. The highest BCUT2D eigenvalue weighted by Gasteiger charge is 2.16. The summed E-state index contributed by atoms with van der Waals surface area (Å²) in [6, 6.07) is 11.6. The summed E-state index contributed by atoms with van der Waals surface area (Å²) in [5, 5.41) is 4.02. The lowest BCUT2D eigenvalue weighted by atomic mass is 10.2. The van der Waals surface area contributed by atoms with Gasteiger partial charge < -0.3 is 0 Å². The number of benzene rings is 1. The van der Waals surface area contributed by atoms with Crippen molar-refractivity contribution in [1.29, 1.82) is 0 Å². The van der Waals surface area contributed by atoms with Crippen LogP contribution in [0.15, 0.2) is 52.2 Å². The minimum atomic E-state index is -0.295. The first-order chi connectivity index (χ1) is 11.0. The number of amides is 1. The van der Waals surface area contributed by atoms with Crippen molar-refractivity contribution in [2.75, 3.05) is 0 Å². The number of carbonyl (C=O) groups excluding carboxylic acids is 1. The first-order valence-electron chi connectivity index (χ1n) is 7.09. The van der Waals surface area contributed by atoms with Gasteiger partial charge in [-0.25, -0.2) is 10.4 Å². The molecule has 0 unspecified atom stereocenters. The van der Waals surface area contributed by atoms with E-state index in [9.17, 15) is 4.79 Å². The molecule has 0 saturated heterocycles. The molecule has 3 aromatic rings. The highest BCUT2D eigenvalue weighted by Crippen LogP contribution is 2.16. The number of hydrazone groups is 1. The van der Waals surface area contributed by atoms with E-state index in [4.69, 9.17) is 0 Å².